The van der Waals surface area contributed by atoms with Gasteiger partial charge in [0.25, 0.3) is 0 Å². The smallest absolute Gasteiger partial charge is 0.223 e. The molecule has 1 heterocycles. The molecule has 1 saturated heterocycles. The third-order valence-electron chi connectivity index (χ3n) is 4.39. The van der Waals surface area contributed by atoms with Gasteiger partial charge in [0, 0.05) is 31.5 Å². The highest BCUT2D eigenvalue weighted by Gasteiger charge is 2.54. The predicted molar refractivity (Wildman–Crippen MR) is 58.3 cm³/mol. The van der Waals surface area contributed by atoms with Crippen molar-refractivity contribution < 1.29 is 4.79 Å². The number of hydrogen-bond donors (Lipinski definition) is 2. The molecule has 2 N–H and O–H groups in total. The molecule has 3 heteroatoms. The van der Waals surface area contributed by atoms with Gasteiger partial charge in [-0.1, -0.05) is 12.8 Å². The summed E-state index contributed by atoms with van der Waals surface area (Å²) in [5, 5.41) is 6.35. The van der Waals surface area contributed by atoms with Crippen molar-refractivity contribution in [3.63, 3.8) is 0 Å². The Hall–Kier alpha value is -0.570. The maximum Gasteiger partial charge on any atom is 0.223 e. The molecule has 2 saturated carbocycles. The standard InChI is InChI=1S/C12H20N2O/c15-12(14-7-8-5-13-6-8)11-9-3-1-2-4-10(9)11/h8-11,13H,1-7H2,(H,14,15). The lowest BCUT2D eigenvalue weighted by Crippen LogP contribution is -2.48. The summed E-state index contributed by atoms with van der Waals surface area (Å²) in [4.78, 5) is 11.9. The first-order valence-corrected chi connectivity index (χ1v) is 6.34. The molecule has 0 bridgehead atoms. The lowest BCUT2D eigenvalue weighted by Gasteiger charge is -2.27. The van der Waals surface area contributed by atoms with Gasteiger partial charge in [0.2, 0.25) is 5.91 Å². The van der Waals surface area contributed by atoms with Crippen LogP contribution in [-0.4, -0.2) is 25.5 Å². The minimum atomic E-state index is 0.346. The lowest BCUT2D eigenvalue weighted by molar-refractivity contribution is -0.123. The Labute approximate surface area is 91.0 Å². The first-order valence-electron chi connectivity index (χ1n) is 6.34. The van der Waals surface area contributed by atoms with Gasteiger partial charge in [0.15, 0.2) is 0 Å². The summed E-state index contributed by atoms with van der Waals surface area (Å²) in [5.41, 5.74) is 0. The molecule has 3 aliphatic rings. The quantitative estimate of drug-likeness (QED) is 0.719. The molecule has 84 valence electrons. The summed E-state index contributed by atoms with van der Waals surface area (Å²) >= 11 is 0. The number of hydrogen-bond acceptors (Lipinski definition) is 2. The number of fused-ring (bicyclic) bond motifs is 1. The zero-order valence-corrected chi connectivity index (χ0v) is 9.17. The second-order valence-electron chi connectivity index (χ2n) is 5.41. The van der Waals surface area contributed by atoms with Crippen LogP contribution in [0.2, 0.25) is 0 Å². The van der Waals surface area contributed by atoms with E-state index >= 15 is 0 Å². The third-order valence-corrected chi connectivity index (χ3v) is 4.39. The molecule has 3 fully saturated rings. The normalized spacial score (nSPS) is 39.1. The van der Waals surface area contributed by atoms with Crippen molar-refractivity contribution in [3.05, 3.63) is 0 Å². The molecule has 1 amide bonds. The highest BCUT2D eigenvalue weighted by Crippen LogP contribution is 2.55. The molecule has 15 heavy (non-hydrogen) atoms. The van der Waals surface area contributed by atoms with Gasteiger partial charge in [0.05, 0.1) is 0 Å². The molecule has 0 aromatic heterocycles. The Balaban J connectivity index is 1.44. The van der Waals surface area contributed by atoms with Gasteiger partial charge < -0.3 is 10.6 Å². The number of nitrogens with one attached hydrogen (secondary N) is 2. The summed E-state index contributed by atoms with van der Waals surface area (Å²) in [6.45, 7) is 3.05. The number of amides is 1. The van der Waals surface area contributed by atoms with Crippen LogP contribution in [0.3, 0.4) is 0 Å². The first kappa shape index (κ1) is 9.64. The summed E-state index contributed by atoms with van der Waals surface area (Å²) in [5.74, 6) is 2.92. The molecule has 0 aromatic rings. The molecule has 0 radical (unpaired) electrons. The maximum absolute atomic E-state index is 11.9. The zero-order valence-electron chi connectivity index (χ0n) is 9.17. The molecule has 2 aliphatic carbocycles. The molecule has 1 aliphatic heterocycles. The Morgan fingerprint density at radius 2 is 1.87 bits per heavy atom. The van der Waals surface area contributed by atoms with E-state index in [1.54, 1.807) is 0 Å². The number of rotatable bonds is 3. The highest BCUT2D eigenvalue weighted by atomic mass is 16.2. The molecule has 0 aromatic carbocycles. The fourth-order valence-corrected chi connectivity index (χ4v) is 3.24. The van der Waals surface area contributed by atoms with E-state index in [4.69, 9.17) is 0 Å². The first-order chi connectivity index (χ1) is 7.36. The minimum Gasteiger partial charge on any atom is -0.355 e. The third kappa shape index (κ3) is 1.78. The molecule has 0 spiro atoms. The maximum atomic E-state index is 11.9. The monoisotopic (exact) mass is 208 g/mol. The van der Waals surface area contributed by atoms with Crippen molar-refractivity contribution in [1.82, 2.24) is 10.6 Å². The van der Waals surface area contributed by atoms with E-state index in [9.17, 15) is 4.79 Å². The van der Waals surface area contributed by atoms with Crippen molar-refractivity contribution in [2.75, 3.05) is 19.6 Å². The van der Waals surface area contributed by atoms with E-state index in [1.165, 1.54) is 25.7 Å². The van der Waals surface area contributed by atoms with Crippen LogP contribution in [0.1, 0.15) is 25.7 Å². The van der Waals surface area contributed by atoms with Gasteiger partial charge in [-0.15, -0.1) is 0 Å². The van der Waals surface area contributed by atoms with Crippen molar-refractivity contribution in [2.45, 2.75) is 25.7 Å². The Bertz CT molecular complexity index is 250. The second kappa shape index (κ2) is 3.78. The number of carbonyl (C=O) groups excluding carboxylic acids is 1. The average molecular weight is 208 g/mol. The second-order valence-corrected chi connectivity index (χ2v) is 5.41. The fraction of sp³-hybridized carbons (Fsp3) is 0.917. The Morgan fingerprint density at radius 3 is 2.40 bits per heavy atom. The van der Waals surface area contributed by atoms with Crippen LogP contribution >= 0.6 is 0 Å². The predicted octanol–water partition coefficient (Wildman–Crippen LogP) is 0.758. The van der Waals surface area contributed by atoms with Gasteiger partial charge >= 0.3 is 0 Å². The van der Waals surface area contributed by atoms with Crippen LogP contribution in [0.4, 0.5) is 0 Å². The van der Waals surface area contributed by atoms with Gasteiger partial charge in [-0.3, -0.25) is 4.79 Å². The van der Waals surface area contributed by atoms with Crippen LogP contribution in [0.25, 0.3) is 0 Å². The molecular formula is C12H20N2O. The van der Waals surface area contributed by atoms with E-state index in [2.05, 4.69) is 10.6 Å². The Kier molecular flexibility index (Phi) is 2.43. The van der Waals surface area contributed by atoms with E-state index in [0.29, 0.717) is 17.7 Å². The Morgan fingerprint density at radius 1 is 1.20 bits per heavy atom. The lowest BCUT2D eigenvalue weighted by atomic mass is 10.0. The summed E-state index contributed by atoms with van der Waals surface area (Å²) in [7, 11) is 0. The van der Waals surface area contributed by atoms with Crippen LogP contribution in [0.5, 0.6) is 0 Å². The van der Waals surface area contributed by atoms with Crippen molar-refractivity contribution in [1.29, 1.82) is 0 Å². The SMILES string of the molecule is O=C(NCC1CNC1)C1C2CCCCC21. The van der Waals surface area contributed by atoms with E-state index in [0.717, 1.165) is 31.5 Å². The van der Waals surface area contributed by atoms with Crippen LogP contribution in [-0.2, 0) is 4.79 Å². The van der Waals surface area contributed by atoms with E-state index in [1.807, 2.05) is 0 Å². The topological polar surface area (TPSA) is 41.1 Å². The minimum absolute atomic E-state index is 0.346. The van der Waals surface area contributed by atoms with Crippen LogP contribution < -0.4 is 10.6 Å². The molecular weight excluding hydrogens is 188 g/mol. The average Bonchev–Trinajstić information content (AvgIpc) is 2.89. The van der Waals surface area contributed by atoms with Gasteiger partial charge in [0.1, 0.15) is 0 Å². The van der Waals surface area contributed by atoms with Crippen molar-refractivity contribution >= 4 is 5.91 Å². The molecule has 3 nitrogen and oxygen atoms in total. The molecule has 2 atom stereocenters. The van der Waals surface area contributed by atoms with Crippen LogP contribution in [0, 0.1) is 23.7 Å². The largest absolute Gasteiger partial charge is 0.355 e. The van der Waals surface area contributed by atoms with E-state index in [-0.39, 0.29) is 0 Å². The van der Waals surface area contributed by atoms with E-state index < -0.39 is 0 Å². The summed E-state index contributed by atoms with van der Waals surface area (Å²) in [6, 6.07) is 0. The highest BCUT2D eigenvalue weighted by molar-refractivity contribution is 5.82. The summed E-state index contributed by atoms with van der Waals surface area (Å²) in [6.07, 6.45) is 5.29. The molecule has 2 unspecified atom stereocenters. The number of carbonyl (C=O) groups is 1. The van der Waals surface area contributed by atoms with Crippen molar-refractivity contribution in [3.8, 4) is 0 Å². The van der Waals surface area contributed by atoms with Crippen molar-refractivity contribution in [2.24, 2.45) is 23.7 Å². The van der Waals surface area contributed by atoms with Crippen LogP contribution in [0.15, 0.2) is 0 Å². The molecule has 3 rings (SSSR count). The fourth-order valence-electron chi connectivity index (χ4n) is 3.24. The van der Waals surface area contributed by atoms with Gasteiger partial charge in [-0.2, -0.15) is 0 Å². The van der Waals surface area contributed by atoms with Gasteiger partial charge in [-0.05, 0) is 24.7 Å². The summed E-state index contributed by atoms with van der Waals surface area (Å²) < 4.78 is 0. The van der Waals surface area contributed by atoms with Gasteiger partial charge in [-0.25, -0.2) is 0 Å². The zero-order chi connectivity index (χ0) is 10.3.